The van der Waals surface area contributed by atoms with Crippen LogP contribution in [0.3, 0.4) is 0 Å². The Morgan fingerprint density at radius 1 is 1.25 bits per heavy atom. The Bertz CT molecular complexity index is 163. The largest absolute Gasteiger partial charge is 0.377 e. The van der Waals surface area contributed by atoms with Crippen LogP contribution in [0.5, 0.6) is 0 Å². The third-order valence-corrected chi connectivity index (χ3v) is 3.70. The summed E-state index contributed by atoms with van der Waals surface area (Å²) in [6.45, 7) is 5.06. The van der Waals surface area contributed by atoms with Gasteiger partial charge < -0.3 is 4.74 Å². The van der Waals surface area contributed by atoms with Gasteiger partial charge in [0.25, 0.3) is 0 Å². The number of hydrogen-bond acceptors (Lipinski definition) is 3. The van der Waals surface area contributed by atoms with Crippen molar-refractivity contribution in [3.05, 3.63) is 0 Å². The van der Waals surface area contributed by atoms with Gasteiger partial charge in [-0.2, -0.15) is 0 Å². The summed E-state index contributed by atoms with van der Waals surface area (Å²) in [5, 5.41) is 0. The molecule has 0 aliphatic heterocycles. The van der Waals surface area contributed by atoms with Gasteiger partial charge >= 0.3 is 0 Å². The molecular formula is C13H28N2O. The molecule has 0 saturated heterocycles. The standard InChI is InChI=1S/C13H28N2O/c1-3-8-12(16-4-2)13(15-14)11-9-6-5-7-10-11/h11-13,15H,3-10,14H2,1-2H3. The van der Waals surface area contributed by atoms with Crippen LogP contribution in [-0.2, 0) is 4.74 Å². The Labute approximate surface area is 100 Å². The second-order valence-corrected chi connectivity index (χ2v) is 4.87. The summed E-state index contributed by atoms with van der Waals surface area (Å²) >= 11 is 0. The molecule has 0 aromatic carbocycles. The molecule has 0 bridgehead atoms. The minimum absolute atomic E-state index is 0.295. The Hall–Kier alpha value is -0.120. The molecule has 2 unspecified atom stereocenters. The van der Waals surface area contributed by atoms with E-state index in [9.17, 15) is 0 Å². The molecule has 0 aromatic rings. The van der Waals surface area contributed by atoms with Gasteiger partial charge in [0.1, 0.15) is 0 Å². The van der Waals surface area contributed by atoms with E-state index in [4.69, 9.17) is 10.6 Å². The maximum Gasteiger partial charge on any atom is 0.0743 e. The highest BCUT2D eigenvalue weighted by atomic mass is 16.5. The predicted molar refractivity (Wildman–Crippen MR) is 68.0 cm³/mol. The van der Waals surface area contributed by atoms with Crippen LogP contribution >= 0.6 is 0 Å². The first-order valence-electron chi connectivity index (χ1n) is 6.91. The Balaban J connectivity index is 2.52. The van der Waals surface area contributed by atoms with Crippen molar-refractivity contribution in [2.24, 2.45) is 11.8 Å². The number of hydrogen-bond donors (Lipinski definition) is 2. The lowest BCUT2D eigenvalue weighted by atomic mass is 9.81. The van der Waals surface area contributed by atoms with Crippen LogP contribution in [0, 0.1) is 5.92 Å². The zero-order chi connectivity index (χ0) is 11.8. The molecule has 1 rings (SSSR count). The van der Waals surface area contributed by atoms with Gasteiger partial charge in [-0.3, -0.25) is 11.3 Å². The first kappa shape index (κ1) is 13.9. The highest BCUT2D eigenvalue weighted by molar-refractivity contribution is 4.84. The normalized spacial score (nSPS) is 21.9. The molecule has 0 aromatic heterocycles. The van der Waals surface area contributed by atoms with E-state index < -0.39 is 0 Å². The molecule has 1 saturated carbocycles. The van der Waals surface area contributed by atoms with Crippen molar-refractivity contribution in [3.63, 3.8) is 0 Å². The lowest BCUT2D eigenvalue weighted by molar-refractivity contribution is 0.00587. The minimum Gasteiger partial charge on any atom is -0.377 e. The summed E-state index contributed by atoms with van der Waals surface area (Å²) in [6, 6.07) is 0.347. The number of nitrogens with two attached hydrogens (primary N) is 1. The summed E-state index contributed by atoms with van der Waals surface area (Å²) in [5.74, 6) is 6.45. The van der Waals surface area contributed by atoms with E-state index in [2.05, 4.69) is 19.3 Å². The smallest absolute Gasteiger partial charge is 0.0743 e. The van der Waals surface area contributed by atoms with E-state index in [0.29, 0.717) is 18.1 Å². The Kier molecular flexibility index (Phi) is 7.01. The fourth-order valence-electron chi connectivity index (χ4n) is 2.91. The van der Waals surface area contributed by atoms with Crippen LogP contribution in [0.1, 0.15) is 58.8 Å². The third-order valence-electron chi connectivity index (χ3n) is 3.70. The van der Waals surface area contributed by atoms with Crippen LogP contribution in [-0.4, -0.2) is 18.8 Å². The van der Waals surface area contributed by atoms with Crippen molar-refractivity contribution in [1.82, 2.24) is 5.43 Å². The molecule has 1 fully saturated rings. The lowest BCUT2D eigenvalue weighted by Gasteiger charge is -2.35. The van der Waals surface area contributed by atoms with Gasteiger partial charge in [-0.25, -0.2) is 0 Å². The summed E-state index contributed by atoms with van der Waals surface area (Å²) in [5.41, 5.74) is 3.02. The molecule has 3 nitrogen and oxygen atoms in total. The molecule has 0 amide bonds. The Morgan fingerprint density at radius 3 is 2.44 bits per heavy atom. The summed E-state index contributed by atoms with van der Waals surface area (Å²) < 4.78 is 5.85. The van der Waals surface area contributed by atoms with E-state index in [0.717, 1.165) is 19.4 Å². The van der Waals surface area contributed by atoms with Crippen molar-refractivity contribution >= 4 is 0 Å². The second kappa shape index (κ2) is 8.04. The van der Waals surface area contributed by atoms with Gasteiger partial charge in [0, 0.05) is 6.61 Å². The maximum atomic E-state index is 5.85. The average molecular weight is 228 g/mol. The summed E-state index contributed by atoms with van der Waals surface area (Å²) in [4.78, 5) is 0. The first-order valence-corrected chi connectivity index (χ1v) is 6.91. The van der Waals surface area contributed by atoms with Gasteiger partial charge in [0.05, 0.1) is 12.1 Å². The zero-order valence-corrected chi connectivity index (χ0v) is 10.9. The van der Waals surface area contributed by atoms with Gasteiger partial charge in [-0.15, -0.1) is 0 Å². The molecule has 16 heavy (non-hydrogen) atoms. The van der Waals surface area contributed by atoms with Crippen molar-refractivity contribution < 1.29 is 4.74 Å². The average Bonchev–Trinajstić information content (AvgIpc) is 2.32. The maximum absolute atomic E-state index is 5.85. The number of ether oxygens (including phenoxy) is 1. The molecule has 96 valence electrons. The quantitative estimate of drug-likeness (QED) is 0.520. The van der Waals surface area contributed by atoms with Crippen LogP contribution in [0.2, 0.25) is 0 Å². The Morgan fingerprint density at radius 2 is 1.94 bits per heavy atom. The number of hydrazine groups is 1. The number of nitrogens with one attached hydrogen (secondary N) is 1. The van der Waals surface area contributed by atoms with Gasteiger partial charge in [0.2, 0.25) is 0 Å². The SMILES string of the molecule is CCCC(OCC)C(NN)C1CCCCC1. The van der Waals surface area contributed by atoms with E-state index in [1.54, 1.807) is 0 Å². The highest BCUT2D eigenvalue weighted by Gasteiger charge is 2.29. The van der Waals surface area contributed by atoms with Gasteiger partial charge in [-0.1, -0.05) is 32.6 Å². The molecule has 0 spiro atoms. The summed E-state index contributed by atoms with van der Waals surface area (Å²) in [7, 11) is 0. The van der Waals surface area contributed by atoms with E-state index in [1.807, 2.05) is 0 Å². The van der Waals surface area contributed by atoms with Crippen LogP contribution < -0.4 is 11.3 Å². The van der Waals surface area contributed by atoms with Gasteiger partial charge in [-0.05, 0) is 32.1 Å². The number of rotatable bonds is 7. The monoisotopic (exact) mass is 228 g/mol. The molecular weight excluding hydrogens is 200 g/mol. The predicted octanol–water partition coefficient (Wildman–Crippen LogP) is 2.60. The first-order chi connectivity index (χ1) is 7.83. The summed E-state index contributed by atoms with van der Waals surface area (Å²) in [6.07, 6.45) is 9.28. The van der Waals surface area contributed by atoms with E-state index in [1.165, 1.54) is 32.1 Å². The molecule has 0 heterocycles. The van der Waals surface area contributed by atoms with Crippen molar-refractivity contribution in [2.45, 2.75) is 70.9 Å². The lowest BCUT2D eigenvalue weighted by Crippen LogP contribution is -2.50. The molecule has 1 aliphatic carbocycles. The molecule has 0 radical (unpaired) electrons. The van der Waals surface area contributed by atoms with Crippen LogP contribution in [0.4, 0.5) is 0 Å². The van der Waals surface area contributed by atoms with E-state index >= 15 is 0 Å². The minimum atomic E-state index is 0.295. The van der Waals surface area contributed by atoms with E-state index in [-0.39, 0.29) is 0 Å². The third kappa shape index (κ3) is 4.04. The van der Waals surface area contributed by atoms with Crippen LogP contribution in [0.25, 0.3) is 0 Å². The topological polar surface area (TPSA) is 47.3 Å². The van der Waals surface area contributed by atoms with Gasteiger partial charge in [0.15, 0.2) is 0 Å². The molecule has 3 heteroatoms. The molecule has 1 aliphatic rings. The molecule has 3 N–H and O–H groups in total. The fraction of sp³-hybridized carbons (Fsp3) is 1.00. The van der Waals surface area contributed by atoms with Crippen molar-refractivity contribution in [2.75, 3.05) is 6.61 Å². The second-order valence-electron chi connectivity index (χ2n) is 4.87. The van der Waals surface area contributed by atoms with Crippen molar-refractivity contribution in [1.29, 1.82) is 0 Å². The van der Waals surface area contributed by atoms with Crippen LogP contribution in [0.15, 0.2) is 0 Å². The fourth-order valence-corrected chi connectivity index (χ4v) is 2.91. The van der Waals surface area contributed by atoms with Crippen molar-refractivity contribution in [3.8, 4) is 0 Å². The molecule has 2 atom stereocenters. The zero-order valence-electron chi connectivity index (χ0n) is 10.9. The highest BCUT2D eigenvalue weighted by Crippen LogP contribution is 2.29.